The second-order valence-electron chi connectivity index (χ2n) is 5.38. The molecule has 1 saturated heterocycles. The zero-order chi connectivity index (χ0) is 15.3. The highest BCUT2D eigenvalue weighted by atomic mass is 16.5. The maximum Gasteiger partial charge on any atom is 0.303 e. The van der Waals surface area contributed by atoms with Crippen molar-refractivity contribution >= 4 is 5.97 Å². The van der Waals surface area contributed by atoms with Gasteiger partial charge in [-0.05, 0) is 24.8 Å². The number of nitrogens with one attached hydrogen (secondary N) is 1. The van der Waals surface area contributed by atoms with Gasteiger partial charge >= 0.3 is 5.97 Å². The molecule has 2 unspecified atom stereocenters. The summed E-state index contributed by atoms with van der Waals surface area (Å²) in [5.74, 6) is 5.08. The Hall–Kier alpha value is -2.29. The molecule has 5 nitrogen and oxygen atoms in total. The summed E-state index contributed by atoms with van der Waals surface area (Å²) in [4.78, 5) is 10.6. The first kappa shape index (κ1) is 15.1. The van der Waals surface area contributed by atoms with Gasteiger partial charge in [0.2, 0.25) is 0 Å². The minimum atomic E-state index is -1.19. The van der Waals surface area contributed by atoms with Crippen molar-refractivity contribution in [3.05, 3.63) is 11.6 Å². The highest BCUT2D eigenvalue weighted by Gasteiger charge is 2.40. The Morgan fingerprint density at radius 3 is 2.81 bits per heavy atom. The second kappa shape index (κ2) is 6.44. The molecule has 1 N–H and O–H groups in total. The maximum atomic E-state index is 10.6. The van der Waals surface area contributed by atoms with Gasteiger partial charge in [-0.15, -0.1) is 0 Å². The van der Waals surface area contributed by atoms with Gasteiger partial charge < -0.3 is 10.1 Å². The molecule has 2 atom stereocenters. The van der Waals surface area contributed by atoms with E-state index >= 15 is 0 Å². The highest BCUT2D eigenvalue weighted by Crippen LogP contribution is 2.38. The summed E-state index contributed by atoms with van der Waals surface area (Å²) in [7, 11) is 0. The molecule has 1 fully saturated rings. The number of carbonyl (C=O) groups excluding carboxylic acids is 1. The minimum Gasteiger partial charge on any atom is -0.453 e. The molecule has 2 heterocycles. The van der Waals surface area contributed by atoms with E-state index in [-0.39, 0.29) is 19.1 Å². The largest absolute Gasteiger partial charge is 0.453 e. The van der Waals surface area contributed by atoms with Gasteiger partial charge in [0, 0.05) is 25.4 Å². The summed E-state index contributed by atoms with van der Waals surface area (Å²) >= 11 is 0. The van der Waals surface area contributed by atoms with Crippen LogP contribution in [0.1, 0.15) is 32.6 Å². The molecule has 108 valence electrons. The predicted octanol–water partition coefficient (Wildman–Crippen LogP) is 1.43. The number of hydrogen-bond donors (Lipinski definition) is 1. The van der Waals surface area contributed by atoms with E-state index in [0.29, 0.717) is 6.04 Å². The molecule has 0 aliphatic carbocycles. The van der Waals surface area contributed by atoms with Gasteiger partial charge in [-0.25, -0.2) is 0 Å². The van der Waals surface area contributed by atoms with Crippen LogP contribution in [0.2, 0.25) is 0 Å². The summed E-state index contributed by atoms with van der Waals surface area (Å²) in [5.41, 5.74) is -0.313. The lowest BCUT2D eigenvalue weighted by atomic mass is 9.76. The van der Waals surface area contributed by atoms with Crippen molar-refractivity contribution in [3.8, 4) is 24.0 Å². The third-order valence-corrected chi connectivity index (χ3v) is 3.90. The normalized spacial score (nSPS) is 23.1. The lowest BCUT2D eigenvalue weighted by molar-refractivity contribution is -0.139. The van der Waals surface area contributed by atoms with Crippen molar-refractivity contribution in [3.63, 3.8) is 0 Å². The summed E-state index contributed by atoms with van der Waals surface area (Å²) in [6, 6.07) is 4.91. The Balaban J connectivity index is 2.09. The monoisotopic (exact) mass is 283 g/mol. The topological polar surface area (TPSA) is 85.9 Å². The molecule has 5 heteroatoms. The molecule has 0 saturated carbocycles. The molecule has 2 rings (SSSR count). The number of carbonyl (C=O) groups is 1. The first-order valence-electron chi connectivity index (χ1n) is 6.98. The minimum absolute atomic E-state index is 0.00583. The molecule has 0 aromatic carbocycles. The van der Waals surface area contributed by atoms with Crippen molar-refractivity contribution in [1.82, 2.24) is 5.32 Å². The Bertz CT molecular complexity index is 584. The molecule has 21 heavy (non-hydrogen) atoms. The van der Waals surface area contributed by atoms with Crippen molar-refractivity contribution < 1.29 is 9.53 Å². The van der Waals surface area contributed by atoms with E-state index in [9.17, 15) is 15.3 Å². The Labute approximate surface area is 124 Å². The second-order valence-corrected chi connectivity index (χ2v) is 5.38. The molecule has 0 aromatic heterocycles. The maximum absolute atomic E-state index is 10.6. The molecule has 2 aliphatic heterocycles. The average Bonchev–Trinajstić information content (AvgIpc) is 2.81. The highest BCUT2D eigenvalue weighted by molar-refractivity contribution is 5.66. The van der Waals surface area contributed by atoms with Gasteiger partial charge in [-0.1, -0.05) is 17.9 Å². The SMILES string of the molecule is CC(=O)OCC#CCC(C#N)(C#N)C1=CC2CCC(C1)N2. The molecular formula is C16H17N3O2. The van der Waals surface area contributed by atoms with Crippen LogP contribution in [0, 0.1) is 39.9 Å². The third kappa shape index (κ3) is 3.43. The summed E-state index contributed by atoms with van der Waals surface area (Å²) in [6.07, 6.45) is 5.02. The summed E-state index contributed by atoms with van der Waals surface area (Å²) in [6.45, 7) is 1.31. The average molecular weight is 283 g/mol. The van der Waals surface area contributed by atoms with Crippen LogP contribution in [0.5, 0.6) is 0 Å². The van der Waals surface area contributed by atoms with Crippen LogP contribution in [-0.4, -0.2) is 24.7 Å². The number of nitrogens with zero attached hydrogens (tertiary/aromatic N) is 2. The van der Waals surface area contributed by atoms with Gasteiger partial charge in [-0.3, -0.25) is 4.79 Å². The van der Waals surface area contributed by atoms with E-state index in [1.54, 1.807) is 0 Å². The standard InChI is InChI=1S/C16H17N3O2/c1-12(20)21-7-3-2-6-16(10-17,11-18)13-8-14-4-5-15(9-13)19-14/h8,14-15,19H,4-7,9H2,1H3. The van der Waals surface area contributed by atoms with Crippen molar-refractivity contribution in [2.24, 2.45) is 5.41 Å². The number of hydrogen-bond acceptors (Lipinski definition) is 5. The van der Waals surface area contributed by atoms with Gasteiger partial charge in [0.05, 0.1) is 12.1 Å². The van der Waals surface area contributed by atoms with Crippen LogP contribution in [-0.2, 0) is 9.53 Å². The summed E-state index contributed by atoms with van der Waals surface area (Å²) < 4.78 is 4.71. The van der Waals surface area contributed by atoms with E-state index in [4.69, 9.17) is 4.74 Å². The van der Waals surface area contributed by atoms with Crippen LogP contribution in [0.3, 0.4) is 0 Å². The Morgan fingerprint density at radius 1 is 1.43 bits per heavy atom. The first-order valence-corrected chi connectivity index (χ1v) is 6.98. The van der Waals surface area contributed by atoms with E-state index < -0.39 is 11.4 Å². The quantitative estimate of drug-likeness (QED) is 0.481. The van der Waals surface area contributed by atoms with Crippen molar-refractivity contribution in [2.75, 3.05) is 6.61 Å². The molecule has 0 radical (unpaired) electrons. The molecule has 2 aliphatic rings. The molecule has 0 aromatic rings. The fraction of sp³-hybridized carbons (Fsp3) is 0.562. The Kier molecular flexibility index (Phi) is 4.63. The number of rotatable bonds is 3. The number of esters is 1. The van der Waals surface area contributed by atoms with Crippen molar-refractivity contribution in [2.45, 2.75) is 44.7 Å². The van der Waals surface area contributed by atoms with Gasteiger partial charge in [-0.2, -0.15) is 10.5 Å². The van der Waals surface area contributed by atoms with Gasteiger partial charge in [0.15, 0.2) is 12.0 Å². The molecular weight excluding hydrogens is 266 g/mol. The van der Waals surface area contributed by atoms with E-state index in [1.165, 1.54) is 6.92 Å². The third-order valence-electron chi connectivity index (χ3n) is 3.90. The van der Waals surface area contributed by atoms with Gasteiger partial charge in [0.25, 0.3) is 0 Å². The van der Waals surface area contributed by atoms with Crippen LogP contribution in [0.4, 0.5) is 0 Å². The van der Waals surface area contributed by atoms with E-state index in [1.807, 2.05) is 6.08 Å². The van der Waals surface area contributed by atoms with Crippen LogP contribution < -0.4 is 5.32 Å². The lowest BCUT2D eigenvalue weighted by Crippen LogP contribution is -2.36. The zero-order valence-electron chi connectivity index (χ0n) is 12.0. The summed E-state index contributed by atoms with van der Waals surface area (Å²) in [5, 5.41) is 22.4. The van der Waals surface area contributed by atoms with Crippen LogP contribution in [0.25, 0.3) is 0 Å². The van der Waals surface area contributed by atoms with Crippen molar-refractivity contribution in [1.29, 1.82) is 10.5 Å². The Morgan fingerprint density at radius 2 is 2.19 bits per heavy atom. The number of nitriles is 2. The fourth-order valence-electron chi connectivity index (χ4n) is 2.78. The van der Waals surface area contributed by atoms with Crippen LogP contribution >= 0.6 is 0 Å². The number of ether oxygens (including phenoxy) is 1. The predicted molar refractivity (Wildman–Crippen MR) is 75.3 cm³/mol. The number of fused-ring (bicyclic) bond motifs is 2. The molecule has 2 bridgehead atoms. The first-order chi connectivity index (χ1) is 10.1. The van der Waals surface area contributed by atoms with Crippen LogP contribution in [0.15, 0.2) is 11.6 Å². The molecule has 0 spiro atoms. The zero-order valence-corrected chi connectivity index (χ0v) is 12.0. The van der Waals surface area contributed by atoms with E-state index in [0.717, 1.165) is 24.8 Å². The smallest absolute Gasteiger partial charge is 0.303 e. The van der Waals surface area contributed by atoms with Gasteiger partial charge in [0.1, 0.15) is 0 Å². The lowest BCUT2D eigenvalue weighted by Gasteiger charge is -2.27. The fourth-order valence-corrected chi connectivity index (χ4v) is 2.78. The van der Waals surface area contributed by atoms with E-state index in [2.05, 4.69) is 29.3 Å². The molecule has 0 amide bonds.